The minimum absolute atomic E-state index is 0.280. The smallest absolute Gasteiger partial charge is 0.232 e. The van der Waals surface area contributed by atoms with E-state index in [1.54, 1.807) is 6.92 Å². The van der Waals surface area contributed by atoms with Crippen LogP contribution in [0.3, 0.4) is 0 Å². The first kappa shape index (κ1) is 12.0. The lowest BCUT2D eigenvalue weighted by molar-refractivity contribution is -0.224. The molecule has 0 spiro atoms. The van der Waals surface area contributed by atoms with E-state index in [1.807, 2.05) is 0 Å². The highest BCUT2D eigenvalue weighted by Gasteiger charge is 2.37. The summed E-state index contributed by atoms with van der Waals surface area (Å²) in [6.07, 6.45) is -1.88. The van der Waals surface area contributed by atoms with E-state index in [0.717, 1.165) is 0 Å². The van der Waals surface area contributed by atoms with Crippen LogP contribution >= 0.6 is 0 Å². The maximum absolute atomic E-state index is 10.7. The van der Waals surface area contributed by atoms with Crippen molar-refractivity contribution >= 4 is 11.3 Å². The summed E-state index contributed by atoms with van der Waals surface area (Å²) < 4.78 is 25.8. The number of aliphatic hydroxyl groups excluding tert-OH is 1. The third-order valence-electron chi connectivity index (χ3n) is 2.14. The summed E-state index contributed by atoms with van der Waals surface area (Å²) >= 11 is -1.86. The molecule has 0 aromatic heterocycles. The predicted octanol–water partition coefficient (Wildman–Crippen LogP) is -0.949. The molecule has 1 aliphatic heterocycles. The van der Waals surface area contributed by atoms with Gasteiger partial charge in [-0.25, -0.2) is 9.35 Å². The normalized spacial score (nSPS) is 40.9. The van der Waals surface area contributed by atoms with Crippen molar-refractivity contribution in [2.75, 3.05) is 7.11 Å². The molecule has 7 heteroatoms. The van der Waals surface area contributed by atoms with Crippen LogP contribution < -0.4 is 5.14 Å². The maximum Gasteiger partial charge on any atom is 0.232 e. The Hall–Kier alpha value is -0.0500. The second kappa shape index (κ2) is 5.15. The van der Waals surface area contributed by atoms with Gasteiger partial charge in [0.25, 0.3) is 0 Å². The number of aliphatic hydroxyl groups is 1. The predicted molar refractivity (Wildman–Crippen MR) is 49.2 cm³/mol. The second-order valence-electron chi connectivity index (χ2n) is 3.13. The molecule has 0 aliphatic carbocycles. The first-order valence-electron chi connectivity index (χ1n) is 4.24. The lowest BCUT2D eigenvalue weighted by Gasteiger charge is -2.36. The van der Waals surface area contributed by atoms with Gasteiger partial charge in [0.1, 0.15) is 6.10 Å². The average molecular weight is 225 g/mol. The number of ether oxygens (including phenoxy) is 2. The molecule has 3 N–H and O–H groups in total. The van der Waals surface area contributed by atoms with Crippen molar-refractivity contribution in [3.05, 3.63) is 0 Å². The van der Waals surface area contributed by atoms with E-state index in [-0.39, 0.29) is 12.5 Å². The van der Waals surface area contributed by atoms with Crippen molar-refractivity contribution in [2.45, 2.75) is 37.9 Å². The molecule has 0 amide bonds. The quantitative estimate of drug-likeness (QED) is 0.646. The summed E-state index contributed by atoms with van der Waals surface area (Å²) in [6.45, 7) is 1.70. The molecule has 6 nitrogen and oxygen atoms in total. The van der Waals surface area contributed by atoms with Crippen molar-refractivity contribution < 1.29 is 23.0 Å². The van der Waals surface area contributed by atoms with Crippen molar-refractivity contribution in [1.29, 1.82) is 0 Å². The van der Waals surface area contributed by atoms with E-state index in [1.165, 1.54) is 7.11 Å². The van der Waals surface area contributed by atoms with Crippen molar-refractivity contribution in [1.82, 2.24) is 0 Å². The Labute approximate surface area is 85.1 Å². The topological polar surface area (TPSA) is 91.0 Å². The zero-order valence-corrected chi connectivity index (χ0v) is 8.90. The van der Waals surface area contributed by atoms with Crippen LogP contribution in [0.25, 0.3) is 0 Å². The molecule has 14 heavy (non-hydrogen) atoms. The molecule has 0 aromatic rings. The SMILES string of the molecule is COC1C[C@H](O)OC(C)[C@@H]1OS(N)=O. The summed E-state index contributed by atoms with van der Waals surface area (Å²) in [5.74, 6) is 0. The Kier molecular flexibility index (Phi) is 4.42. The van der Waals surface area contributed by atoms with Crippen LogP contribution in [0.1, 0.15) is 13.3 Å². The first-order valence-corrected chi connectivity index (χ1v) is 5.38. The van der Waals surface area contributed by atoms with Crippen LogP contribution in [0.5, 0.6) is 0 Å². The molecule has 3 unspecified atom stereocenters. The van der Waals surface area contributed by atoms with Gasteiger partial charge in [-0.05, 0) is 6.92 Å². The van der Waals surface area contributed by atoms with Crippen LogP contribution in [-0.2, 0) is 24.9 Å². The zero-order valence-electron chi connectivity index (χ0n) is 8.08. The molecule has 1 fully saturated rings. The molecule has 1 saturated heterocycles. The van der Waals surface area contributed by atoms with E-state index >= 15 is 0 Å². The van der Waals surface area contributed by atoms with Crippen molar-refractivity contribution in [2.24, 2.45) is 5.14 Å². The fraction of sp³-hybridized carbons (Fsp3) is 1.00. The van der Waals surface area contributed by atoms with Crippen molar-refractivity contribution in [3.8, 4) is 0 Å². The van der Waals surface area contributed by atoms with Gasteiger partial charge >= 0.3 is 0 Å². The van der Waals surface area contributed by atoms with E-state index in [4.69, 9.17) is 18.8 Å². The van der Waals surface area contributed by atoms with Gasteiger partial charge in [-0.1, -0.05) is 0 Å². The number of hydrogen-bond acceptors (Lipinski definition) is 5. The maximum atomic E-state index is 10.7. The summed E-state index contributed by atoms with van der Waals surface area (Å²) in [5, 5.41) is 14.3. The standard InChI is InChI=1S/C7H15NO5S/c1-4-7(13-14(8)10)5(11-2)3-6(9)12-4/h4-7,9H,3,8H2,1-2H3/t4?,5?,6-,7+,14?/m1/s1. The van der Waals surface area contributed by atoms with Gasteiger partial charge in [0, 0.05) is 13.5 Å². The van der Waals surface area contributed by atoms with Crippen LogP contribution in [0, 0.1) is 0 Å². The highest BCUT2D eigenvalue weighted by Crippen LogP contribution is 2.23. The molecule has 1 rings (SSSR count). The third kappa shape index (κ3) is 2.97. The van der Waals surface area contributed by atoms with E-state index in [9.17, 15) is 9.32 Å². The Balaban J connectivity index is 2.63. The molecular weight excluding hydrogens is 210 g/mol. The van der Waals surface area contributed by atoms with Crippen LogP contribution in [-0.4, -0.2) is 41.0 Å². The molecular formula is C7H15NO5S. The van der Waals surface area contributed by atoms with E-state index < -0.39 is 29.8 Å². The summed E-state index contributed by atoms with van der Waals surface area (Å²) in [7, 11) is 1.49. The molecule has 5 atom stereocenters. The molecule has 0 saturated carbocycles. The van der Waals surface area contributed by atoms with Gasteiger partial charge in [0.05, 0.1) is 12.2 Å². The largest absolute Gasteiger partial charge is 0.378 e. The molecule has 84 valence electrons. The lowest BCUT2D eigenvalue weighted by atomic mass is 10.0. The highest BCUT2D eigenvalue weighted by molar-refractivity contribution is 7.77. The average Bonchev–Trinajstić information content (AvgIpc) is 2.08. The summed E-state index contributed by atoms with van der Waals surface area (Å²) in [4.78, 5) is 0. The Morgan fingerprint density at radius 2 is 2.29 bits per heavy atom. The number of methoxy groups -OCH3 is 1. The van der Waals surface area contributed by atoms with Crippen LogP contribution in [0.2, 0.25) is 0 Å². The van der Waals surface area contributed by atoms with E-state index in [0.29, 0.717) is 0 Å². The number of rotatable bonds is 3. The molecule has 0 aromatic carbocycles. The van der Waals surface area contributed by atoms with Gasteiger partial charge in [0.2, 0.25) is 11.3 Å². The van der Waals surface area contributed by atoms with Gasteiger partial charge in [-0.2, -0.15) is 0 Å². The van der Waals surface area contributed by atoms with E-state index in [2.05, 4.69) is 0 Å². The lowest BCUT2D eigenvalue weighted by Crippen LogP contribution is -2.49. The molecule has 1 heterocycles. The monoisotopic (exact) mass is 225 g/mol. The van der Waals surface area contributed by atoms with Gasteiger partial charge in [-0.3, -0.25) is 4.18 Å². The van der Waals surface area contributed by atoms with Gasteiger partial charge in [-0.15, -0.1) is 0 Å². The Bertz CT molecular complexity index is 214. The van der Waals surface area contributed by atoms with Gasteiger partial charge < -0.3 is 14.6 Å². The molecule has 1 aliphatic rings. The summed E-state index contributed by atoms with van der Waals surface area (Å²) in [6, 6.07) is 0. The number of nitrogens with two attached hydrogens (primary N) is 1. The van der Waals surface area contributed by atoms with Crippen LogP contribution in [0.15, 0.2) is 0 Å². The van der Waals surface area contributed by atoms with Crippen molar-refractivity contribution in [3.63, 3.8) is 0 Å². The summed E-state index contributed by atoms with van der Waals surface area (Å²) in [5.41, 5.74) is 0. The zero-order chi connectivity index (χ0) is 10.7. The minimum atomic E-state index is -1.86. The Morgan fingerprint density at radius 3 is 2.79 bits per heavy atom. The fourth-order valence-corrected chi connectivity index (χ4v) is 2.00. The van der Waals surface area contributed by atoms with Gasteiger partial charge in [0.15, 0.2) is 6.29 Å². The third-order valence-corrected chi connectivity index (χ3v) is 2.56. The first-order chi connectivity index (χ1) is 6.54. The second-order valence-corrected chi connectivity index (χ2v) is 3.84. The van der Waals surface area contributed by atoms with Crippen LogP contribution in [0.4, 0.5) is 0 Å². The molecule has 0 radical (unpaired) electrons. The highest BCUT2D eigenvalue weighted by atomic mass is 32.2. The number of hydrogen-bond donors (Lipinski definition) is 2. The minimum Gasteiger partial charge on any atom is -0.378 e. The Morgan fingerprint density at radius 1 is 1.64 bits per heavy atom. The fourth-order valence-electron chi connectivity index (χ4n) is 1.50. The molecule has 0 bridgehead atoms.